The largest absolute Gasteiger partial charge is 0.329 e. The van der Waals surface area contributed by atoms with Crippen molar-refractivity contribution in [2.75, 3.05) is 30.3 Å². The van der Waals surface area contributed by atoms with Gasteiger partial charge in [0.15, 0.2) is 0 Å². The van der Waals surface area contributed by atoms with E-state index in [1.54, 1.807) is 0 Å². The first-order chi connectivity index (χ1) is 19.2. The third-order valence-electron chi connectivity index (χ3n) is 9.34. The van der Waals surface area contributed by atoms with Gasteiger partial charge in [0.05, 0.1) is 23.2 Å². The zero-order valence-electron chi connectivity index (χ0n) is 24.1. The number of benzene rings is 1. The molecule has 1 aromatic carbocycles. The van der Waals surface area contributed by atoms with Crippen LogP contribution in [-0.4, -0.2) is 63.1 Å². The fourth-order valence-electron chi connectivity index (χ4n) is 6.85. The molecule has 5 rings (SSSR count). The maximum Gasteiger partial charge on any atom is 0.329 e. The van der Waals surface area contributed by atoms with E-state index in [9.17, 15) is 18.6 Å². The molecule has 218 valence electrons. The molecule has 3 fully saturated rings. The third kappa shape index (κ3) is 5.88. The van der Waals surface area contributed by atoms with E-state index in [1.807, 2.05) is 30.3 Å². The number of piperidine rings is 1. The molecule has 4 amide bonds. The summed E-state index contributed by atoms with van der Waals surface area (Å²) >= 11 is 0. The highest BCUT2D eigenvalue weighted by Gasteiger charge is 2.47. The van der Waals surface area contributed by atoms with E-state index in [4.69, 9.17) is 4.99 Å². The highest BCUT2D eigenvalue weighted by Crippen LogP contribution is 2.37. The lowest BCUT2D eigenvalue weighted by molar-refractivity contribution is -0.125. The van der Waals surface area contributed by atoms with Crippen molar-refractivity contribution in [3.05, 3.63) is 28.8 Å². The molecule has 9 nitrogen and oxygen atoms in total. The van der Waals surface area contributed by atoms with Crippen LogP contribution in [0.5, 0.6) is 0 Å². The minimum absolute atomic E-state index is 0.0171. The smallest absolute Gasteiger partial charge is 0.328 e. The maximum absolute atomic E-state index is 13.3. The average Bonchev–Trinajstić information content (AvgIpc) is 3.44. The fourth-order valence-corrected chi connectivity index (χ4v) is 8.07. The second kappa shape index (κ2) is 12.1. The summed E-state index contributed by atoms with van der Waals surface area (Å²) in [4.78, 5) is 43.4. The highest BCUT2D eigenvalue weighted by atomic mass is 32.2. The normalized spacial score (nSPS) is 25.7. The Hall–Kier alpha value is -2.59. The molecule has 2 saturated heterocycles. The topological polar surface area (TPSA) is 111 Å². The van der Waals surface area contributed by atoms with E-state index in [0.29, 0.717) is 49.7 Å². The van der Waals surface area contributed by atoms with Crippen LogP contribution in [0.2, 0.25) is 0 Å². The minimum atomic E-state index is -1.17. The molecule has 1 atom stereocenters. The van der Waals surface area contributed by atoms with Gasteiger partial charge < -0.3 is 10.6 Å². The van der Waals surface area contributed by atoms with E-state index >= 15 is 0 Å². The number of aliphatic imine (C=N–C) groups is 1. The van der Waals surface area contributed by atoms with Crippen molar-refractivity contribution in [2.24, 2.45) is 16.8 Å². The Morgan fingerprint density at radius 3 is 2.33 bits per heavy atom. The standard InChI is InChI=1S/C30H43N5O4S/c1-4-5-6-22-7-9-23(10-8-22)27-32-28(37)30(33-27)12-14-34(15-13-30)40(39)16-11-25-20(2)17-24(18-21(25)3)35-26(36)19-31-29(35)38/h17-18,22-23H,4-16,19H2,1-3H3,(H,31,38)(H,32,33,37). The monoisotopic (exact) mass is 569 g/mol. The number of unbranched alkanes of at least 4 members (excludes halogenated alkanes) is 1. The SMILES string of the molecule is CCCCC1CCC(C2=NC3(CCN(S(=O)CCc4c(C)cc(N5C(=O)CNC5=O)cc4C)CC3)C(=O)N2)CC1. The van der Waals surface area contributed by atoms with E-state index in [2.05, 4.69) is 17.6 Å². The number of nitrogens with zero attached hydrogens (tertiary/aromatic N) is 3. The van der Waals surface area contributed by atoms with E-state index < -0.39 is 22.6 Å². The first-order valence-electron chi connectivity index (χ1n) is 15.0. The van der Waals surface area contributed by atoms with Gasteiger partial charge in [0, 0.05) is 24.8 Å². The quantitative estimate of drug-likeness (QED) is 0.439. The lowest BCUT2D eigenvalue weighted by atomic mass is 9.79. The van der Waals surface area contributed by atoms with Gasteiger partial charge in [-0.25, -0.2) is 18.2 Å². The zero-order valence-corrected chi connectivity index (χ0v) is 24.9. The Balaban J connectivity index is 1.14. The number of hydrogen-bond donors (Lipinski definition) is 2. The first-order valence-corrected chi connectivity index (χ1v) is 16.2. The van der Waals surface area contributed by atoms with Crippen molar-refractivity contribution in [1.29, 1.82) is 0 Å². The predicted molar refractivity (Wildman–Crippen MR) is 158 cm³/mol. The van der Waals surface area contributed by atoms with Crippen LogP contribution >= 0.6 is 0 Å². The maximum atomic E-state index is 13.3. The number of aryl methyl sites for hydroxylation is 2. The molecule has 0 aromatic heterocycles. The second-order valence-corrected chi connectivity index (χ2v) is 13.6. The molecule has 1 spiro atoms. The molecular weight excluding hydrogens is 526 g/mol. The first kappa shape index (κ1) is 28.9. The number of amides is 4. The van der Waals surface area contributed by atoms with Crippen LogP contribution in [0, 0.1) is 25.7 Å². The van der Waals surface area contributed by atoms with Gasteiger partial charge in [-0.05, 0) is 93.5 Å². The number of anilines is 1. The summed E-state index contributed by atoms with van der Waals surface area (Å²) in [5.41, 5.74) is 2.91. The molecule has 40 heavy (non-hydrogen) atoms. The summed E-state index contributed by atoms with van der Waals surface area (Å²) in [6, 6.07) is 3.30. The van der Waals surface area contributed by atoms with E-state index in [1.165, 1.54) is 37.0 Å². The Morgan fingerprint density at radius 1 is 1.05 bits per heavy atom. The van der Waals surface area contributed by atoms with Crippen LogP contribution in [-0.2, 0) is 27.0 Å². The molecule has 1 saturated carbocycles. The van der Waals surface area contributed by atoms with Crippen LogP contribution in [0.1, 0.15) is 81.4 Å². The molecule has 0 radical (unpaired) electrons. The van der Waals surface area contributed by atoms with E-state index in [-0.39, 0.29) is 18.4 Å². The molecule has 1 aromatic rings. The number of imide groups is 1. The molecule has 1 aliphatic carbocycles. The summed E-state index contributed by atoms with van der Waals surface area (Å²) in [7, 11) is -1.17. The van der Waals surface area contributed by atoms with Crippen molar-refractivity contribution >= 4 is 40.4 Å². The predicted octanol–water partition coefficient (Wildman–Crippen LogP) is 3.93. The Labute approximate surface area is 240 Å². The molecule has 4 aliphatic rings. The second-order valence-electron chi connectivity index (χ2n) is 12.0. The van der Waals surface area contributed by atoms with Gasteiger partial charge in [-0.1, -0.05) is 26.2 Å². The summed E-state index contributed by atoms with van der Waals surface area (Å²) in [6.45, 7) is 7.36. The summed E-state index contributed by atoms with van der Waals surface area (Å²) < 4.78 is 15.2. The number of nitrogens with one attached hydrogen (secondary N) is 2. The van der Waals surface area contributed by atoms with Gasteiger partial charge in [0.1, 0.15) is 11.4 Å². The van der Waals surface area contributed by atoms with Crippen LogP contribution in [0.4, 0.5) is 10.5 Å². The van der Waals surface area contributed by atoms with Crippen LogP contribution in [0.3, 0.4) is 0 Å². The number of carbonyl (C=O) groups is 3. The Morgan fingerprint density at radius 2 is 1.73 bits per heavy atom. The van der Waals surface area contributed by atoms with Gasteiger partial charge >= 0.3 is 6.03 Å². The molecular formula is C30H43N5O4S. The van der Waals surface area contributed by atoms with Crippen LogP contribution in [0.15, 0.2) is 17.1 Å². The Kier molecular flexibility index (Phi) is 8.75. The van der Waals surface area contributed by atoms with Gasteiger partial charge in [-0.3, -0.25) is 14.6 Å². The summed E-state index contributed by atoms with van der Waals surface area (Å²) in [6.07, 6.45) is 10.4. The van der Waals surface area contributed by atoms with Crippen molar-refractivity contribution in [1.82, 2.24) is 14.9 Å². The van der Waals surface area contributed by atoms with Gasteiger partial charge in [-0.2, -0.15) is 0 Å². The number of carbonyl (C=O) groups excluding carboxylic acids is 3. The van der Waals surface area contributed by atoms with Gasteiger partial charge in [0.25, 0.3) is 11.8 Å². The zero-order chi connectivity index (χ0) is 28.4. The number of urea groups is 1. The van der Waals surface area contributed by atoms with Crippen molar-refractivity contribution in [2.45, 2.75) is 90.5 Å². The molecule has 3 heterocycles. The minimum Gasteiger partial charge on any atom is -0.328 e. The molecule has 3 aliphatic heterocycles. The molecule has 10 heteroatoms. The van der Waals surface area contributed by atoms with Crippen LogP contribution < -0.4 is 15.5 Å². The number of rotatable bonds is 9. The Bertz CT molecular complexity index is 1180. The van der Waals surface area contributed by atoms with Crippen LogP contribution in [0.25, 0.3) is 0 Å². The highest BCUT2D eigenvalue weighted by molar-refractivity contribution is 7.82. The van der Waals surface area contributed by atoms with Crippen molar-refractivity contribution in [3.63, 3.8) is 0 Å². The third-order valence-corrected chi connectivity index (χ3v) is 10.8. The van der Waals surface area contributed by atoms with Gasteiger partial charge in [-0.15, -0.1) is 0 Å². The summed E-state index contributed by atoms with van der Waals surface area (Å²) in [5, 5.41) is 5.70. The molecule has 0 bridgehead atoms. The average molecular weight is 570 g/mol. The van der Waals surface area contributed by atoms with E-state index in [0.717, 1.165) is 41.3 Å². The number of amidine groups is 1. The summed E-state index contributed by atoms with van der Waals surface area (Å²) in [5.74, 6) is 2.34. The lowest BCUT2D eigenvalue weighted by Gasteiger charge is -2.34. The van der Waals surface area contributed by atoms with Crippen molar-refractivity contribution in [3.8, 4) is 0 Å². The van der Waals surface area contributed by atoms with Gasteiger partial charge in [0.2, 0.25) is 0 Å². The molecule has 1 unspecified atom stereocenters. The van der Waals surface area contributed by atoms with Crippen molar-refractivity contribution < 1.29 is 18.6 Å². The molecule has 2 N–H and O–H groups in total. The number of hydrogen-bond acceptors (Lipinski definition) is 5. The lowest BCUT2D eigenvalue weighted by Crippen LogP contribution is -2.49. The fraction of sp³-hybridized carbons (Fsp3) is 0.667.